The van der Waals surface area contributed by atoms with E-state index in [4.69, 9.17) is 4.74 Å². The number of hydrogen-bond acceptors (Lipinski definition) is 4. The van der Waals surface area contributed by atoms with Crippen LogP contribution in [-0.4, -0.2) is 18.6 Å². The van der Waals surface area contributed by atoms with Crippen molar-refractivity contribution in [3.8, 4) is 5.75 Å². The summed E-state index contributed by atoms with van der Waals surface area (Å²) >= 11 is 0. The average Bonchev–Trinajstić information content (AvgIpc) is 2.28. The van der Waals surface area contributed by atoms with Gasteiger partial charge in [-0.15, -0.1) is 0 Å². The number of nitro benzene ring substituents is 1. The predicted molar refractivity (Wildman–Crippen MR) is 63.0 cm³/mol. The van der Waals surface area contributed by atoms with E-state index < -0.39 is 4.92 Å². The fourth-order valence-electron chi connectivity index (χ4n) is 1.42. The summed E-state index contributed by atoms with van der Waals surface area (Å²) in [6.45, 7) is 2.80. The number of rotatable bonds is 6. The summed E-state index contributed by atoms with van der Waals surface area (Å²) in [5.74, 6) is 0.284. The molecule has 0 radical (unpaired) electrons. The van der Waals surface area contributed by atoms with E-state index in [1.54, 1.807) is 18.2 Å². The van der Waals surface area contributed by atoms with Crippen LogP contribution in [0, 0.1) is 10.1 Å². The third-order valence-electron chi connectivity index (χ3n) is 2.25. The van der Waals surface area contributed by atoms with Crippen LogP contribution in [0.25, 0.3) is 0 Å². The van der Waals surface area contributed by atoms with Crippen molar-refractivity contribution >= 4 is 11.4 Å². The van der Waals surface area contributed by atoms with Gasteiger partial charge in [-0.1, -0.05) is 19.4 Å². The molecule has 0 atom stereocenters. The maximum atomic E-state index is 10.9. The zero-order valence-electron chi connectivity index (χ0n) is 9.53. The zero-order valence-corrected chi connectivity index (χ0v) is 9.53. The van der Waals surface area contributed by atoms with E-state index in [9.17, 15) is 10.1 Å². The highest BCUT2D eigenvalue weighted by Gasteiger charge is 2.19. The molecule has 0 spiro atoms. The minimum Gasteiger partial charge on any atom is -0.490 e. The molecule has 0 aliphatic rings. The first-order valence-corrected chi connectivity index (χ1v) is 5.26. The zero-order chi connectivity index (χ0) is 12.0. The van der Waals surface area contributed by atoms with Gasteiger partial charge in [0.1, 0.15) is 5.69 Å². The maximum absolute atomic E-state index is 10.9. The average molecular weight is 224 g/mol. The van der Waals surface area contributed by atoms with Gasteiger partial charge in [0.2, 0.25) is 0 Å². The molecule has 1 rings (SSSR count). The van der Waals surface area contributed by atoms with Gasteiger partial charge in [-0.05, 0) is 18.6 Å². The molecule has 0 aromatic heterocycles. The Morgan fingerprint density at radius 2 is 2.25 bits per heavy atom. The molecule has 0 fully saturated rings. The highest BCUT2D eigenvalue weighted by atomic mass is 16.6. The van der Waals surface area contributed by atoms with Crippen molar-refractivity contribution in [2.24, 2.45) is 0 Å². The van der Waals surface area contributed by atoms with E-state index in [1.165, 1.54) is 7.11 Å². The van der Waals surface area contributed by atoms with Crippen LogP contribution < -0.4 is 10.1 Å². The van der Waals surface area contributed by atoms with Crippen LogP contribution in [0.15, 0.2) is 18.2 Å². The Kier molecular flexibility index (Phi) is 4.57. The molecule has 1 aromatic carbocycles. The number of ether oxygens (including phenoxy) is 1. The second kappa shape index (κ2) is 5.95. The minimum atomic E-state index is -0.423. The van der Waals surface area contributed by atoms with E-state index >= 15 is 0 Å². The topological polar surface area (TPSA) is 64.4 Å². The quantitative estimate of drug-likeness (QED) is 0.458. The molecule has 1 aromatic rings. The van der Waals surface area contributed by atoms with E-state index in [1.807, 2.05) is 0 Å². The van der Waals surface area contributed by atoms with Crippen molar-refractivity contribution < 1.29 is 9.66 Å². The lowest BCUT2D eigenvalue weighted by Crippen LogP contribution is -2.05. The number of hydrogen-bond donors (Lipinski definition) is 1. The van der Waals surface area contributed by atoms with Gasteiger partial charge in [-0.3, -0.25) is 10.1 Å². The van der Waals surface area contributed by atoms with E-state index in [0.717, 1.165) is 19.4 Å². The molecule has 5 nitrogen and oxygen atoms in total. The summed E-state index contributed by atoms with van der Waals surface area (Å²) in [5, 5.41) is 14.0. The largest absolute Gasteiger partial charge is 0.490 e. The van der Waals surface area contributed by atoms with Crippen LogP contribution in [0.1, 0.15) is 19.8 Å². The molecule has 5 heteroatoms. The molecule has 0 saturated carbocycles. The molecule has 16 heavy (non-hydrogen) atoms. The van der Waals surface area contributed by atoms with Crippen molar-refractivity contribution in [2.45, 2.75) is 19.8 Å². The van der Waals surface area contributed by atoms with E-state index in [2.05, 4.69) is 12.2 Å². The summed E-state index contributed by atoms with van der Waals surface area (Å²) in [6, 6.07) is 5.01. The minimum absolute atomic E-state index is 0.00102. The third kappa shape index (κ3) is 2.85. The molecule has 88 valence electrons. The molecule has 0 aliphatic carbocycles. The number of nitrogens with one attached hydrogen (secondary N) is 1. The molecule has 0 unspecified atom stereocenters. The second-order valence-corrected chi connectivity index (χ2v) is 3.39. The number of nitrogens with zero attached hydrogens (tertiary/aromatic N) is 1. The van der Waals surface area contributed by atoms with Crippen molar-refractivity contribution in [1.82, 2.24) is 0 Å². The lowest BCUT2D eigenvalue weighted by atomic mass is 10.2. The molecule has 1 N–H and O–H groups in total. The SMILES string of the molecule is CCCCNc1cccc(OC)c1[N+](=O)[O-]. The maximum Gasteiger partial charge on any atom is 0.333 e. The van der Waals surface area contributed by atoms with Gasteiger partial charge in [0.25, 0.3) is 0 Å². The van der Waals surface area contributed by atoms with Gasteiger partial charge in [-0.2, -0.15) is 0 Å². The lowest BCUT2D eigenvalue weighted by Gasteiger charge is -2.08. The van der Waals surface area contributed by atoms with Crippen LogP contribution in [0.3, 0.4) is 0 Å². The fourth-order valence-corrected chi connectivity index (χ4v) is 1.42. The Balaban J connectivity index is 2.93. The normalized spacial score (nSPS) is 9.88. The Morgan fingerprint density at radius 1 is 1.50 bits per heavy atom. The number of para-hydroxylation sites is 1. The highest BCUT2D eigenvalue weighted by molar-refractivity contribution is 5.68. The van der Waals surface area contributed by atoms with Gasteiger partial charge in [0.05, 0.1) is 12.0 Å². The number of methoxy groups -OCH3 is 1. The highest BCUT2D eigenvalue weighted by Crippen LogP contribution is 2.34. The first-order valence-electron chi connectivity index (χ1n) is 5.26. The van der Waals surface area contributed by atoms with Gasteiger partial charge in [-0.25, -0.2) is 0 Å². The number of benzene rings is 1. The fraction of sp³-hybridized carbons (Fsp3) is 0.455. The van der Waals surface area contributed by atoms with Gasteiger partial charge in [0.15, 0.2) is 5.75 Å². The monoisotopic (exact) mass is 224 g/mol. The molecule has 0 amide bonds. The van der Waals surface area contributed by atoms with E-state index in [0.29, 0.717) is 5.69 Å². The van der Waals surface area contributed by atoms with Gasteiger partial charge < -0.3 is 10.1 Å². The summed E-state index contributed by atoms with van der Waals surface area (Å²) in [4.78, 5) is 10.5. The van der Waals surface area contributed by atoms with Crippen LogP contribution in [0.4, 0.5) is 11.4 Å². The Morgan fingerprint density at radius 3 is 2.81 bits per heavy atom. The van der Waals surface area contributed by atoms with E-state index in [-0.39, 0.29) is 11.4 Å². The summed E-state index contributed by atoms with van der Waals surface area (Å²) in [6.07, 6.45) is 2.03. The van der Waals surface area contributed by atoms with Crippen molar-refractivity contribution in [3.63, 3.8) is 0 Å². The van der Waals surface area contributed by atoms with Crippen molar-refractivity contribution in [2.75, 3.05) is 19.0 Å². The molecule has 0 bridgehead atoms. The lowest BCUT2D eigenvalue weighted by molar-refractivity contribution is -0.384. The first kappa shape index (κ1) is 12.3. The number of unbranched alkanes of at least 4 members (excludes halogenated alkanes) is 1. The van der Waals surface area contributed by atoms with Crippen LogP contribution >= 0.6 is 0 Å². The van der Waals surface area contributed by atoms with Gasteiger partial charge >= 0.3 is 5.69 Å². The smallest absolute Gasteiger partial charge is 0.333 e. The molecule has 0 saturated heterocycles. The molecular weight excluding hydrogens is 208 g/mol. The Labute approximate surface area is 94.6 Å². The third-order valence-corrected chi connectivity index (χ3v) is 2.25. The Hall–Kier alpha value is -1.78. The summed E-state index contributed by atoms with van der Waals surface area (Å²) < 4.78 is 4.97. The second-order valence-electron chi connectivity index (χ2n) is 3.39. The molecule has 0 aliphatic heterocycles. The first-order chi connectivity index (χ1) is 7.70. The predicted octanol–water partition coefficient (Wildman–Crippen LogP) is 2.82. The van der Waals surface area contributed by atoms with Crippen molar-refractivity contribution in [3.05, 3.63) is 28.3 Å². The summed E-state index contributed by atoms with van der Waals surface area (Å²) in [7, 11) is 1.43. The van der Waals surface area contributed by atoms with Crippen molar-refractivity contribution in [1.29, 1.82) is 0 Å². The van der Waals surface area contributed by atoms with Crippen LogP contribution in [-0.2, 0) is 0 Å². The van der Waals surface area contributed by atoms with Crippen LogP contribution in [0.5, 0.6) is 5.75 Å². The number of anilines is 1. The van der Waals surface area contributed by atoms with Crippen LogP contribution in [0.2, 0.25) is 0 Å². The molecular formula is C11H16N2O3. The molecule has 0 heterocycles. The summed E-state index contributed by atoms with van der Waals surface area (Å²) in [5.41, 5.74) is 0.513. The standard InChI is InChI=1S/C11H16N2O3/c1-3-4-8-12-9-6-5-7-10(16-2)11(9)13(14)15/h5-7,12H,3-4,8H2,1-2H3. The number of nitro groups is 1. The van der Waals surface area contributed by atoms with Gasteiger partial charge in [0, 0.05) is 6.54 Å². The Bertz CT molecular complexity index is 366.